The zero-order chi connectivity index (χ0) is 21.6. The fraction of sp³-hybridized carbons (Fsp3) is 0.478. The van der Waals surface area contributed by atoms with Crippen molar-refractivity contribution >= 4 is 0 Å². The minimum Gasteiger partial charge on any atom is -0.508 e. The Morgan fingerprint density at radius 3 is 1.21 bits per heavy atom. The molecule has 6 heteroatoms. The molecule has 0 saturated heterocycles. The summed E-state index contributed by atoms with van der Waals surface area (Å²) < 4.78 is 21.5. The lowest BCUT2D eigenvalue weighted by molar-refractivity contribution is 0.163. The van der Waals surface area contributed by atoms with Gasteiger partial charge in [-0.3, -0.25) is 0 Å². The monoisotopic (exact) mass is 404 g/mol. The summed E-state index contributed by atoms with van der Waals surface area (Å²) in [6.45, 7) is 5.46. The topological polar surface area (TPSA) is 77.4 Å². The second kappa shape index (κ2) is 10.1. The molecule has 0 atom stereocenters. The summed E-state index contributed by atoms with van der Waals surface area (Å²) in [7, 11) is 6.46. The number of benzene rings is 2. The Balaban J connectivity index is 2.75. The molecule has 0 saturated carbocycles. The van der Waals surface area contributed by atoms with Gasteiger partial charge >= 0.3 is 0 Å². The van der Waals surface area contributed by atoms with E-state index >= 15 is 0 Å². The van der Waals surface area contributed by atoms with E-state index in [0.29, 0.717) is 24.3 Å². The zero-order valence-electron chi connectivity index (χ0n) is 18.2. The fourth-order valence-electron chi connectivity index (χ4n) is 3.91. The number of ether oxygens (including phenoxy) is 4. The van der Waals surface area contributed by atoms with Gasteiger partial charge in [-0.05, 0) is 34.4 Å². The lowest BCUT2D eigenvalue weighted by atomic mass is 9.72. The molecular formula is C23H32O6. The number of hydrogen-bond donors (Lipinski definition) is 2. The van der Waals surface area contributed by atoms with Crippen molar-refractivity contribution in [2.24, 2.45) is 0 Å². The van der Waals surface area contributed by atoms with Gasteiger partial charge in [0, 0.05) is 45.0 Å². The van der Waals surface area contributed by atoms with Gasteiger partial charge in [0.1, 0.15) is 11.5 Å². The standard InChI is InChI=1S/C23H32O6/c1-23(2,19-7-9-21(24)17(13-28-5)15(19)11-26-3)20-8-10-22(25)18(14-29-6)16(20)12-27-4/h7-10,24-25H,11-14H2,1-6H3. The molecule has 2 aromatic rings. The van der Waals surface area contributed by atoms with Crippen molar-refractivity contribution in [3.8, 4) is 11.5 Å². The van der Waals surface area contributed by atoms with Crippen LogP contribution in [0.5, 0.6) is 11.5 Å². The summed E-state index contributed by atoms with van der Waals surface area (Å²) in [6.07, 6.45) is 0. The van der Waals surface area contributed by atoms with Crippen LogP contribution in [0.3, 0.4) is 0 Å². The molecule has 0 aromatic heterocycles. The molecule has 0 bridgehead atoms. The zero-order valence-corrected chi connectivity index (χ0v) is 18.2. The first kappa shape index (κ1) is 23.2. The average Bonchev–Trinajstić information content (AvgIpc) is 2.67. The lowest BCUT2D eigenvalue weighted by Crippen LogP contribution is -2.25. The molecule has 0 unspecified atom stereocenters. The molecular weight excluding hydrogens is 372 g/mol. The van der Waals surface area contributed by atoms with E-state index in [1.807, 2.05) is 12.1 Å². The highest BCUT2D eigenvalue weighted by Gasteiger charge is 2.31. The average molecular weight is 405 g/mol. The van der Waals surface area contributed by atoms with Crippen molar-refractivity contribution in [3.05, 3.63) is 57.6 Å². The lowest BCUT2D eigenvalue weighted by Gasteiger charge is -2.33. The van der Waals surface area contributed by atoms with Gasteiger partial charge in [-0.25, -0.2) is 0 Å². The fourth-order valence-corrected chi connectivity index (χ4v) is 3.91. The molecule has 0 aliphatic carbocycles. The van der Waals surface area contributed by atoms with Crippen LogP contribution in [0.15, 0.2) is 24.3 Å². The first-order valence-electron chi connectivity index (χ1n) is 9.47. The van der Waals surface area contributed by atoms with Crippen LogP contribution in [0.2, 0.25) is 0 Å². The maximum atomic E-state index is 10.4. The predicted molar refractivity (Wildman–Crippen MR) is 111 cm³/mol. The molecule has 0 heterocycles. The van der Waals surface area contributed by atoms with E-state index in [2.05, 4.69) is 13.8 Å². The minimum atomic E-state index is -0.464. The smallest absolute Gasteiger partial charge is 0.121 e. The number of hydrogen-bond acceptors (Lipinski definition) is 6. The van der Waals surface area contributed by atoms with E-state index in [0.717, 1.165) is 22.3 Å². The van der Waals surface area contributed by atoms with Gasteiger partial charge in [0.15, 0.2) is 0 Å². The van der Waals surface area contributed by atoms with Crippen molar-refractivity contribution in [2.45, 2.75) is 45.7 Å². The molecule has 0 fully saturated rings. The van der Waals surface area contributed by atoms with E-state index in [9.17, 15) is 10.2 Å². The molecule has 160 valence electrons. The Morgan fingerprint density at radius 1 is 0.586 bits per heavy atom. The van der Waals surface area contributed by atoms with Crippen LogP contribution in [0.4, 0.5) is 0 Å². The van der Waals surface area contributed by atoms with Crippen LogP contribution in [0.25, 0.3) is 0 Å². The van der Waals surface area contributed by atoms with Crippen molar-refractivity contribution in [2.75, 3.05) is 28.4 Å². The molecule has 0 spiro atoms. The Labute approximate surface area is 173 Å². The molecule has 0 aliphatic rings. The van der Waals surface area contributed by atoms with Gasteiger partial charge in [0.2, 0.25) is 0 Å². The summed E-state index contributed by atoms with van der Waals surface area (Å²) in [6, 6.07) is 7.22. The van der Waals surface area contributed by atoms with Crippen LogP contribution in [0.1, 0.15) is 47.2 Å². The molecule has 2 N–H and O–H groups in total. The quantitative estimate of drug-likeness (QED) is 0.623. The second-order valence-electron chi connectivity index (χ2n) is 7.54. The van der Waals surface area contributed by atoms with Crippen molar-refractivity contribution in [1.82, 2.24) is 0 Å². The maximum absolute atomic E-state index is 10.4. The van der Waals surface area contributed by atoms with Gasteiger partial charge < -0.3 is 29.2 Å². The third kappa shape index (κ3) is 4.73. The highest BCUT2D eigenvalue weighted by Crippen LogP contribution is 2.41. The third-order valence-electron chi connectivity index (χ3n) is 5.31. The maximum Gasteiger partial charge on any atom is 0.121 e. The van der Waals surface area contributed by atoms with Crippen LogP contribution in [-0.4, -0.2) is 38.7 Å². The van der Waals surface area contributed by atoms with Gasteiger partial charge in [-0.15, -0.1) is 0 Å². The van der Waals surface area contributed by atoms with Crippen LogP contribution >= 0.6 is 0 Å². The summed E-state index contributed by atoms with van der Waals surface area (Å²) in [4.78, 5) is 0. The SMILES string of the molecule is COCc1c(O)ccc(C(C)(C)c2ccc(O)c(COC)c2COC)c1COC. The number of phenols is 2. The van der Waals surface area contributed by atoms with E-state index in [1.165, 1.54) is 0 Å². The molecule has 0 aliphatic heterocycles. The highest BCUT2D eigenvalue weighted by molar-refractivity contribution is 5.54. The number of methoxy groups -OCH3 is 4. The van der Waals surface area contributed by atoms with E-state index in [4.69, 9.17) is 18.9 Å². The summed E-state index contributed by atoms with van der Waals surface area (Å²) in [5.41, 5.74) is 4.77. The Morgan fingerprint density at radius 2 is 0.897 bits per heavy atom. The normalized spacial score (nSPS) is 11.8. The van der Waals surface area contributed by atoms with Crippen LogP contribution in [-0.2, 0) is 50.8 Å². The Kier molecular flexibility index (Phi) is 8.05. The van der Waals surface area contributed by atoms with Gasteiger partial charge in [-0.2, -0.15) is 0 Å². The summed E-state index contributed by atoms with van der Waals surface area (Å²) in [5.74, 6) is 0.364. The van der Waals surface area contributed by atoms with Gasteiger partial charge in [0.25, 0.3) is 0 Å². The highest BCUT2D eigenvalue weighted by atomic mass is 16.5. The van der Waals surface area contributed by atoms with Gasteiger partial charge in [-0.1, -0.05) is 26.0 Å². The van der Waals surface area contributed by atoms with Gasteiger partial charge in [0.05, 0.1) is 26.4 Å². The largest absolute Gasteiger partial charge is 0.508 e. The van der Waals surface area contributed by atoms with Crippen molar-refractivity contribution in [3.63, 3.8) is 0 Å². The first-order valence-corrected chi connectivity index (χ1v) is 9.47. The summed E-state index contributed by atoms with van der Waals surface area (Å²) in [5, 5.41) is 20.8. The minimum absolute atomic E-state index is 0.182. The summed E-state index contributed by atoms with van der Waals surface area (Å²) >= 11 is 0. The second-order valence-corrected chi connectivity index (χ2v) is 7.54. The van der Waals surface area contributed by atoms with Crippen LogP contribution < -0.4 is 0 Å². The predicted octanol–water partition coefficient (Wildman–Crippen LogP) is 4.01. The third-order valence-corrected chi connectivity index (χ3v) is 5.31. The van der Waals surface area contributed by atoms with Crippen molar-refractivity contribution in [1.29, 1.82) is 0 Å². The molecule has 0 amide bonds. The molecule has 0 radical (unpaired) electrons. The van der Waals surface area contributed by atoms with Crippen molar-refractivity contribution < 1.29 is 29.2 Å². The molecule has 29 heavy (non-hydrogen) atoms. The Bertz CT molecular complexity index is 761. The number of aromatic hydroxyl groups is 2. The van der Waals surface area contributed by atoms with E-state index in [-0.39, 0.29) is 24.7 Å². The Hall–Kier alpha value is -2.12. The molecule has 6 nitrogen and oxygen atoms in total. The number of phenolic OH excluding ortho intramolecular Hbond substituents is 2. The molecule has 2 aromatic carbocycles. The number of rotatable bonds is 10. The molecule has 2 rings (SSSR count). The van der Waals surface area contributed by atoms with E-state index in [1.54, 1.807) is 40.6 Å². The van der Waals surface area contributed by atoms with E-state index < -0.39 is 5.41 Å². The van der Waals surface area contributed by atoms with Crippen LogP contribution in [0, 0.1) is 0 Å². The first-order chi connectivity index (χ1) is 13.8.